The van der Waals surface area contributed by atoms with E-state index in [-0.39, 0.29) is 41.5 Å². The summed E-state index contributed by atoms with van der Waals surface area (Å²) in [5.74, 6) is -3.99. The largest absolute Gasteiger partial charge is 0.457 e. The van der Waals surface area contributed by atoms with Crippen molar-refractivity contribution in [2.24, 2.45) is 5.73 Å². The molecule has 1 aromatic heterocycles. The average molecular weight is 536 g/mol. The Labute approximate surface area is 235 Å². The molecule has 36 heavy (non-hydrogen) atoms. The first-order valence-corrected chi connectivity index (χ1v) is 10.3. The summed E-state index contributed by atoms with van der Waals surface area (Å²) < 4.78 is 76.2. The van der Waals surface area contributed by atoms with Crippen LogP contribution in [0.25, 0.3) is 10.8 Å². The molecule has 0 fully saturated rings. The van der Waals surface area contributed by atoms with Crippen LogP contribution >= 0.6 is 24.8 Å². The summed E-state index contributed by atoms with van der Waals surface area (Å²) in [6.07, 6.45) is 3.29. The second-order valence-corrected chi connectivity index (χ2v) is 7.40. The van der Waals surface area contributed by atoms with Crippen LogP contribution in [-0.4, -0.2) is 23.4 Å². The molecule has 0 radical (unpaired) electrons. The standard InChI is InChI=1S/C28H27N3O3.2ClH/c1-18-3-10-25(19(2)13-18)28(33)34-17-20-4-6-21(7-5-20)26(15-29)27(32)31-24-9-8-23-16-30-12-11-22(23)14-24;;/h3-14,16,26H,15,17,29H2,1-2H3,(H,31,32);2*1H/i1D3,2D3,17D2,26D;;. The molecule has 4 rings (SSSR count). The molecule has 3 N–H and O–H groups in total. The van der Waals surface area contributed by atoms with E-state index in [4.69, 9.17) is 22.8 Å². The fraction of sp³-hybridized carbons (Fsp3) is 0.179. The number of ether oxygens (including phenoxy) is 1. The number of halogens is 2. The summed E-state index contributed by atoms with van der Waals surface area (Å²) in [5, 5.41) is 4.39. The number of aromatic nitrogens is 1. The lowest BCUT2D eigenvalue weighted by molar-refractivity contribution is -0.117. The second-order valence-electron chi connectivity index (χ2n) is 7.40. The molecule has 1 unspecified atom stereocenters. The second kappa shape index (κ2) is 13.0. The third-order valence-corrected chi connectivity index (χ3v) is 5.11. The number of nitrogens with zero attached hydrogens (tertiary/aromatic N) is 1. The molecule has 188 valence electrons. The summed E-state index contributed by atoms with van der Waals surface area (Å²) in [6.45, 7) is -8.67. The van der Waals surface area contributed by atoms with Gasteiger partial charge in [0.1, 0.15) is 6.56 Å². The van der Waals surface area contributed by atoms with Crippen LogP contribution in [0.4, 0.5) is 5.69 Å². The monoisotopic (exact) mass is 534 g/mol. The molecule has 0 spiro atoms. The lowest BCUT2D eigenvalue weighted by Crippen LogP contribution is -2.27. The molecule has 6 nitrogen and oxygen atoms in total. The van der Waals surface area contributed by atoms with Crippen molar-refractivity contribution in [3.8, 4) is 0 Å². The van der Waals surface area contributed by atoms with Crippen molar-refractivity contribution < 1.29 is 26.7 Å². The number of fused-ring (bicyclic) bond motifs is 1. The number of anilines is 1. The van der Waals surface area contributed by atoms with Crippen molar-refractivity contribution in [1.82, 2.24) is 4.98 Å². The Bertz CT molecular complexity index is 1680. The fourth-order valence-electron chi connectivity index (χ4n) is 3.33. The van der Waals surface area contributed by atoms with Gasteiger partial charge in [-0.2, -0.15) is 0 Å². The highest BCUT2D eigenvalue weighted by Gasteiger charge is 2.19. The number of nitrogens with one attached hydrogen (secondary N) is 1. The number of rotatable bonds is 7. The summed E-state index contributed by atoms with van der Waals surface area (Å²) in [6, 6.07) is 14.9. The number of amides is 1. The molecule has 0 bridgehead atoms. The molecular formula is C28H29Cl2N3O3. The molecule has 0 aliphatic rings. The van der Waals surface area contributed by atoms with Crippen LogP contribution in [0.15, 0.2) is 79.1 Å². The predicted molar refractivity (Wildman–Crippen MR) is 148 cm³/mol. The molecule has 1 atom stereocenters. The zero-order valence-corrected chi connectivity index (χ0v) is 20.4. The number of aryl methyl sites for hydroxylation is 2. The molecular weight excluding hydrogens is 497 g/mol. The van der Waals surface area contributed by atoms with E-state index in [1.165, 1.54) is 24.3 Å². The third kappa shape index (κ3) is 6.82. The Morgan fingerprint density at radius 1 is 1.06 bits per heavy atom. The topological polar surface area (TPSA) is 94.3 Å². The molecule has 3 aromatic carbocycles. The number of benzene rings is 3. The van der Waals surface area contributed by atoms with Crippen molar-refractivity contribution in [2.75, 3.05) is 11.9 Å². The Hall–Kier alpha value is -3.45. The predicted octanol–water partition coefficient (Wildman–Crippen LogP) is 5.73. The first-order chi connectivity index (χ1) is 20.0. The number of hydrogen-bond acceptors (Lipinski definition) is 5. The number of carbonyl (C=O) groups is 2. The van der Waals surface area contributed by atoms with Gasteiger partial charge >= 0.3 is 5.97 Å². The van der Waals surface area contributed by atoms with Crippen LogP contribution < -0.4 is 11.1 Å². The smallest absolute Gasteiger partial charge is 0.338 e. The lowest BCUT2D eigenvalue weighted by Gasteiger charge is -2.16. The van der Waals surface area contributed by atoms with Crippen molar-refractivity contribution in [1.29, 1.82) is 0 Å². The van der Waals surface area contributed by atoms with Gasteiger partial charge in [0.2, 0.25) is 5.91 Å². The Kier molecular flexibility index (Phi) is 6.47. The van der Waals surface area contributed by atoms with E-state index < -0.39 is 55.7 Å². The van der Waals surface area contributed by atoms with Gasteiger partial charge < -0.3 is 15.8 Å². The van der Waals surface area contributed by atoms with Gasteiger partial charge in [0.05, 0.1) is 14.2 Å². The number of nitrogens with two attached hydrogens (primary N) is 1. The van der Waals surface area contributed by atoms with E-state index in [0.29, 0.717) is 5.69 Å². The highest BCUT2D eigenvalue weighted by Crippen LogP contribution is 2.22. The van der Waals surface area contributed by atoms with E-state index in [1.807, 2.05) is 0 Å². The highest BCUT2D eigenvalue weighted by molar-refractivity contribution is 5.98. The van der Waals surface area contributed by atoms with E-state index in [1.54, 1.807) is 36.7 Å². The van der Waals surface area contributed by atoms with Crippen molar-refractivity contribution in [3.05, 3.63) is 107 Å². The Morgan fingerprint density at radius 3 is 2.58 bits per heavy atom. The van der Waals surface area contributed by atoms with Gasteiger partial charge in [-0.25, -0.2) is 4.79 Å². The van der Waals surface area contributed by atoms with Gasteiger partial charge in [-0.1, -0.05) is 48.0 Å². The van der Waals surface area contributed by atoms with Gasteiger partial charge in [0, 0.05) is 39.6 Å². The fourth-order valence-corrected chi connectivity index (χ4v) is 3.33. The summed E-state index contributed by atoms with van der Waals surface area (Å²) >= 11 is 0. The quantitative estimate of drug-likeness (QED) is 0.295. The summed E-state index contributed by atoms with van der Waals surface area (Å²) in [5.41, 5.74) is 4.87. The third-order valence-electron chi connectivity index (χ3n) is 5.11. The van der Waals surface area contributed by atoms with Crippen LogP contribution in [0.5, 0.6) is 0 Å². The van der Waals surface area contributed by atoms with E-state index in [9.17, 15) is 9.59 Å². The minimum absolute atomic E-state index is 0. The van der Waals surface area contributed by atoms with Gasteiger partial charge in [-0.05, 0) is 60.0 Å². The van der Waals surface area contributed by atoms with Crippen molar-refractivity contribution in [3.63, 3.8) is 0 Å². The zero-order valence-electron chi connectivity index (χ0n) is 27.8. The number of pyridine rings is 1. The molecule has 0 aliphatic carbocycles. The van der Waals surface area contributed by atoms with Crippen LogP contribution in [0.1, 0.15) is 50.8 Å². The van der Waals surface area contributed by atoms with Crippen molar-refractivity contribution in [2.45, 2.75) is 26.2 Å². The lowest BCUT2D eigenvalue weighted by atomic mass is 9.97. The van der Waals surface area contributed by atoms with E-state index in [0.717, 1.165) is 29.0 Å². The van der Waals surface area contributed by atoms with Gasteiger partial charge in [-0.15, -0.1) is 24.8 Å². The first kappa shape index (κ1) is 17.9. The molecule has 0 saturated heterocycles. The average Bonchev–Trinajstić information content (AvgIpc) is 2.95. The SMILES string of the molecule is Cl.Cl.[2H]C([2H])([2H])c1ccc(C(=O)OC([2H])([2H])c2ccc(C([2H])(CN)C(=O)Nc3ccc4cnccc4c3)cc2)c(C([2H])([2H])[2H])c1. The van der Waals surface area contributed by atoms with Crippen molar-refractivity contribution >= 4 is 53.2 Å². The highest BCUT2D eigenvalue weighted by atomic mass is 35.5. The maximum atomic E-state index is 13.2. The maximum absolute atomic E-state index is 13.2. The van der Waals surface area contributed by atoms with Gasteiger partial charge in [0.25, 0.3) is 0 Å². The Balaban J connectivity index is 0.00000353. The van der Waals surface area contributed by atoms with Crippen LogP contribution in [0.3, 0.4) is 0 Å². The minimum atomic E-state index is -2.88. The molecule has 4 aromatic rings. The molecule has 1 heterocycles. The maximum Gasteiger partial charge on any atom is 0.338 e. The Morgan fingerprint density at radius 2 is 1.86 bits per heavy atom. The van der Waals surface area contributed by atoms with Crippen LogP contribution in [0.2, 0.25) is 0 Å². The van der Waals surface area contributed by atoms with Crippen LogP contribution in [-0.2, 0) is 16.1 Å². The zero-order chi connectivity index (χ0) is 31.8. The summed E-state index contributed by atoms with van der Waals surface area (Å²) in [7, 11) is 0. The first-order valence-electron chi connectivity index (χ1n) is 14.8. The number of carbonyl (C=O) groups excluding carboxylic acids is 2. The van der Waals surface area contributed by atoms with Gasteiger partial charge in [-0.3, -0.25) is 9.78 Å². The number of hydrogen-bond donors (Lipinski definition) is 2. The molecule has 1 amide bonds. The number of esters is 1. The molecule has 0 saturated carbocycles. The molecule has 8 heteroatoms. The minimum Gasteiger partial charge on any atom is -0.457 e. The normalized spacial score (nSPS) is 16.8. The van der Waals surface area contributed by atoms with Gasteiger partial charge in [0.15, 0.2) is 0 Å². The summed E-state index contributed by atoms with van der Waals surface area (Å²) in [4.78, 5) is 30.1. The molecule has 0 aliphatic heterocycles. The van der Waals surface area contributed by atoms with Crippen LogP contribution in [0, 0.1) is 13.7 Å². The van der Waals surface area contributed by atoms with E-state index in [2.05, 4.69) is 10.3 Å². The van der Waals surface area contributed by atoms with E-state index >= 15 is 0 Å².